The fourth-order valence-corrected chi connectivity index (χ4v) is 2.24. The fraction of sp³-hybridized carbons (Fsp3) is 0.222. The van der Waals surface area contributed by atoms with Crippen LogP contribution in [0.25, 0.3) is 0 Å². The molecule has 0 aliphatic carbocycles. The van der Waals surface area contributed by atoms with Crippen molar-refractivity contribution in [2.24, 2.45) is 0 Å². The number of carbonyl (C=O) groups excluding carboxylic acids is 2. The van der Waals surface area contributed by atoms with Gasteiger partial charge in [-0.15, -0.1) is 0 Å². The minimum atomic E-state index is -0.598. The van der Waals surface area contributed by atoms with E-state index in [9.17, 15) is 9.59 Å². The topological polar surface area (TPSA) is 58.2 Å². The van der Waals surface area contributed by atoms with Gasteiger partial charge in [-0.1, -0.05) is 48.5 Å². The van der Waals surface area contributed by atoms with E-state index >= 15 is 0 Å². The largest absolute Gasteiger partial charge is 0.344 e. The van der Waals surface area contributed by atoms with Crippen LogP contribution in [-0.4, -0.2) is 17.9 Å². The quantitative estimate of drug-likeness (QED) is 0.891. The van der Waals surface area contributed by atoms with Gasteiger partial charge in [-0.3, -0.25) is 9.59 Å². The van der Waals surface area contributed by atoms with E-state index in [2.05, 4.69) is 10.6 Å². The molecule has 4 heteroatoms. The molecule has 4 nitrogen and oxygen atoms in total. The van der Waals surface area contributed by atoms with Crippen LogP contribution in [0.2, 0.25) is 0 Å². The third kappa shape index (κ3) is 4.45. The molecule has 0 fully saturated rings. The van der Waals surface area contributed by atoms with Gasteiger partial charge in [0.25, 0.3) is 0 Å². The summed E-state index contributed by atoms with van der Waals surface area (Å²) in [6, 6.07) is 16.6. The summed E-state index contributed by atoms with van der Waals surface area (Å²) in [6.45, 7) is 3.35. The number of rotatable bonds is 5. The number of para-hydroxylation sites is 1. The zero-order valence-corrected chi connectivity index (χ0v) is 12.8. The van der Waals surface area contributed by atoms with Crippen molar-refractivity contribution in [3.05, 3.63) is 65.7 Å². The molecule has 0 radical (unpaired) electrons. The van der Waals surface area contributed by atoms with E-state index in [1.54, 1.807) is 0 Å². The van der Waals surface area contributed by atoms with E-state index in [0.717, 1.165) is 16.8 Å². The number of aryl methyl sites for hydroxylation is 1. The molecule has 0 saturated carbocycles. The molecule has 1 atom stereocenters. The van der Waals surface area contributed by atoms with Gasteiger partial charge in [-0.05, 0) is 24.1 Å². The summed E-state index contributed by atoms with van der Waals surface area (Å²) in [5.41, 5.74) is 2.74. The van der Waals surface area contributed by atoms with Crippen LogP contribution in [0.3, 0.4) is 0 Å². The Labute approximate surface area is 130 Å². The summed E-state index contributed by atoms with van der Waals surface area (Å²) in [5.74, 6) is -0.436. The minimum Gasteiger partial charge on any atom is -0.344 e. The Kier molecular flexibility index (Phi) is 5.31. The van der Waals surface area contributed by atoms with Gasteiger partial charge >= 0.3 is 0 Å². The molecule has 22 heavy (non-hydrogen) atoms. The van der Waals surface area contributed by atoms with Crippen LogP contribution in [-0.2, 0) is 16.0 Å². The van der Waals surface area contributed by atoms with Crippen LogP contribution in [0.5, 0.6) is 0 Å². The van der Waals surface area contributed by atoms with Crippen molar-refractivity contribution in [2.45, 2.75) is 26.3 Å². The van der Waals surface area contributed by atoms with Crippen LogP contribution in [0.15, 0.2) is 54.6 Å². The zero-order chi connectivity index (χ0) is 15.9. The molecule has 2 rings (SSSR count). The van der Waals surface area contributed by atoms with Crippen LogP contribution >= 0.6 is 0 Å². The van der Waals surface area contributed by atoms with Gasteiger partial charge in [0, 0.05) is 19.0 Å². The molecule has 2 N–H and O–H groups in total. The minimum absolute atomic E-state index is 0.214. The maximum atomic E-state index is 12.5. The van der Waals surface area contributed by atoms with E-state index in [0.29, 0.717) is 6.42 Å². The lowest BCUT2D eigenvalue weighted by Gasteiger charge is -2.18. The van der Waals surface area contributed by atoms with Crippen LogP contribution < -0.4 is 10.6 Å². The Morgan fingerprint density at radius 3 is 2.27 bits per heavy atom. The first-order valence-electron chi connectivity index (χ1n) is 7.24. The normalized spacial score (nSPS) is 11.5. The molecule has 2 aromatic rings. The molecule has 114 valence electrons. The van der Waals surface area contributed by atoms with Crippen molar-refractivity contribution >= 4 is 17.5 Å². The second-order valence-electron chi connectivity index (χ2n) is 5.25. The van der Waals surface area contributed by atoms with E-state index in [1.165, 1.54) is 6.92 Å². The molecule has 0 bridgehead atoms. The number of anilines is 1. The maximum absolute atomic E-state index is 12.5. The molecule has 1 unspecified atom stereocenters. The smallest absolute Gasteiger partial charge is 0.247 e. The Bertz CT molecular complexity index is 653. The molecule has 2 aromatic carbocycles. The molecular formula is C18H20N2O2. The third-order valence-corrected chi connectivity index (χ3v) is 3.38. The maximum Gasteiger partial charge on any atom is 0.247 e. The van der Waals surface area contributed by atoms with Crippen LogP contribution in [0.1, 0.15) is 18.1 Å². The second kappa shape index (κ2) is 7.41. The lowest BCUT2D eigenvalue weighted by atomic mass is 10.0. The van der Waals surface area contributed by atoms with Gasteiger partial charge in [0.2, 0.25) is 11.8 Å². The number of amides is 2. The van der Waals surface area contributed by atoms with Gasteiger partial charge < -0.3 is 10.6 Å². The summed E-state index contributed by atoms with van der Waals surface area (Å²) >= 11 is 0. The molecule has 0 spiro atoms. The highest BCUT2D eigenvalue weighted by Crippen LogP contribution is 2.14. The molecule has 0 saturated heterocycles. The Morgan fingerprint density at radius 2 is 1.64 bits per heavy atom. The highest BCUT2D eigenvalue weighted by Gasteiger charge is 2.20. The highest BCUT2D eigenvalue weighted by atomic mass is 16.2. The Morgan fingerprint density at radius 1 is 1.00 bits per heavy atom. The monoisotopic (exact) mass is 296 g/mol. The number of benzene rings is 2. The number of nitrogens with one attached hydrogen (secondary N) is 2. The standard InChI is InChI=1S/C18H20N2O2/c1-13-8-6-7-11-16(13)20-18(22)17(19-14(2)21)12-15-9-4-3-5-10-15/h3-11,17H,12H2,1-2H3,(H,19,21)(H,20,22). The molecule has 0 heterocycles. The summed E-state index contributed by atoms with van der Waals surface area (Å²) in [5, 5.41) is 5.60. The number of hydrogen-bond donors (Lipinski definition) is 2. The summed E-state index contributed by atoms with van der Waals surface area (Å²) in [4.78, 5) is 23.9. The zero-order valence-electron chi connectivity index (χ0n) is 12.8. The van der Waals surface area contributed by atoms with Crippen LogP contribution in [0, 0.1) is 6.92 Å². The molecular weight excluding hydrogens is 276 g/mol. The third-order valence-electron chi connectivity index (χ3n) is 3.38. The molecule has 2 amide bonds. The average molecular weight is 296 g/mol. The summed E-state index contributed by atoms with van der Waals surface area (Å²) in [6.07, 6.45) is 0.456. The SMILES string of the molecule is CC(=O)NC(Cc1ccccc1)C(=O)Nc1ccccc1C. The predicted octanol–water partition coefficient (Wildman–Crippen LogP) is 2.68. The Balaban J connectivity index is 2.12. The first kappa shape index (κ1) is 15.8. The molecule has 0 aromatic heterocycles. The van der Waals surface area contributed by atoms with Gasteiger partial charge in [0.05, 0.1) is 0 Å². The summed E-state index contributed by atoms with van der Waals surface area (Å²) < 4.78 is 0. The van der Waals surface area contributed by atoms with Gasteiger partial charge in [0.1, 0.15) is 6.04 Å². The molecule has 0 aliphatic heterocycles. The van der Waals surface area contributed by atoms with E-state index in [-0.39, 0.29) is 11.8 Å². The number of hydrogen-bond acceptors (Lipinski definition) is 2. The molecule has 0 aliphatic rings. The lowest BCUT2D eigenvalue weighted by Crippen LogP contribution is -2.44. The first-order valence-corrected chi connectivity index (χ1v) is 7.24. The summed E-state index contributed by atoms with van der Waals surface area (Å²) in [7, 11) is 0. The van der Waals surface area contributed by atoms with Gasteiger partial charge in [-0.25, -0.2) is 0 Å². The van der Waals surface area contributed by atoms with Crippen molar-refractivity contribution in [2.75, 3.05) is 5.32 Å². The average Bonchev–Trinajstić information content (AvgIpc) is 2.49. The predicted molar refractivity (Wildman–Crippen MR) is 87.6 cm³/mol. The van der Waals surface area contributed by atoms with Crippen LogP contribution in [0.4, 0.5) is 5.69 Å². The first-order chi connectivity index (χ1) is 10.6. The van der Waals surface area contributed by atoms with Gasteiger partial charge in [-0.2, -0.15) is 0 Å². The van der Waals surface area contributed by atoms with Gasteiger partial charge in [0.15, 0.2) is 0 Å². The van der Waals surface area contributed by atoms with Crippen molar-refractivity contribution in [3.63, 3.8) is 0 Å². The van der Waals surface area contributed by atoms with E-state index < -0.39 is 6.04 Å². The highest BCUT2D eigenvalue weighted by molar-refractivity contribution is 5.97. The van der Waals surface area contributed by atoms with Crippen molar-refractivity contribution < 1.29 is 9.59 Å². The lowest BCUT2D eigenvalue weighted by molar-refractivity contribution is -0.125. The fourth-order valence-electron chi connectivity index (χ4n) is 2.24. The van der Waals surface area contributed by atoms with E-state index in [4.69, 9.17) is 0 Å². The van der Waals surface area contributed by atoms with Crippen molar-refractivity contribution in [1.82, 2.24) is 5.32 Å². The van der Waals surface area contributed by atoms with Crippen molar-refractivity contribution in [3.8, 4) is 0 Å². The van der Waals surface area contributed by atoms with Crippen molar-refractivity contribution in [1.29, 1.82) is 0 Å². The Hall–Kier alpha value is -2.62. The van der Waals surface area contributed by atoms with E-state index in [1.807, 2.05) is 61.5 Å². The second-order valence-corrected chi connectivity index (χ2v) is 5.25. The number of carbonyl (C=O) groups is 2.